The van der Waals surface area contributed by atoms with E-state index in [1.165, 1.54) is 16.7 Å². The number of nitrogens with zero attached hydrogens (tertiary/aromatic N) is 6. The lowest BCUT2D eigenvalue weighted by Crippen LogP contribution is -2.54. The molecule has 1 amide bonds. The Morgan fingerprint density at radius 3 is 2.51 bits per heavy atom. The van der Waals surface area contributed by atoms with Crippen LogP contribution in [0.15, 0.2) is 54.0 Å². The monoisotopic (exact) mass is 562 g/mol. The van der Waals surface area contributed by atoms with E-state index in [2.05, 4.69) is 21.5 Å². The highest BCUT2D eigenvalue weighted by Gasteiger charge is 2.30. The first kappa shape index (κ1) is 28.0. The van der Waals surface area contributed by atoms with Crippen molar-refractivity contribution in [2.45, 2.75) is 39.7 Å². The van der Waals surface area contributed by atoms with Crippen LogP contribution in [0, 0.1) is 24.4 Å². The molecule has 1 aromatic carbocycles. The van der Waals surface area contributed by atoms with E-state index in [9.17, 15) is 18.4 Å². The predicted octanol–water partition coefficient (Wildman–Crippen LogP) is 4.91. The van der Waals surface area contributed by atoms with Gasteiger partial charge in [0.05, 0.1) is 16.8 Å². The fourth-order valence-corrected chi connectivity index (χ4v) is 5.28. The number of halogens is 3. The summed E-state index contributed by atoms with van der Waals surface area (Å²) < 4.78 is 45.5. The van der Waals surface area contributed by atoms with Crippen molar-refractivity contribution < 1.29 is 18.0 Å². The number of anilines is 1. The first-order chi connectivity index (χ1) is 19.5. The Morgan fingerprint density at radius 1 is 1.10 bits per heavy atom. The van der Waals surface area contributed by atoms with Gasteiger partial charge in [0.1, 0.15) is 29.0 Å². The van der Waals surface area contributed by atoms with Crippen LogP contribution < -0.4 is 10.6 Å². The van der Waals surface area contributed by atoms with E-state index in [1.54, 1.807) is 17.2 Å². The lowest BCUT2D eigenvalue weighted by atomic mass is 10.0. The lowest BCUT2D eigenvalue weighted by molar-refractivity contribution is -0.126. The van der Waals surface area contributed by atoms with E-state index in [4.69, 9.17) is 0 Å². The molecule has 0 N–H and O–H groups in total. The zero-order chi connectivity index (χ0) is 29.6. The SMILES string of the molecule is C=CC(=O)N1CCN(c2nc(=O)n(-c3c(C)ccnc3C(C)C)c3nc(-c4ccc(F)cc4F)c(F)cc23)C(C)C1. The molecule has 1 aliphatic rings. The van der Waals surface area contributed by atoms with Crippen molar-refractivity contribution in [2.75, 3.05) is 24.5 Å². The maximum Gasteiger partial charge on any atom is 0.355 e. The summed E-state index contributed by atoms with van der Waals surface area (Å²) in [6, 6.07) is 5.42. The number of fused-ring (bicyclic) bond motifs is 1. The first-order valence-corrected chi connectivity index (χ1v) is 13.2. The van der Waals surface area contributed by atoms with Gasteiger partial charge in [-0.3, -0.25) is 9.78 Å². The van der Waals surface area contributed by atoms with E-state index in [0.717, 1.165) is 12.1 Å². The number of pyridine rings is 2. The molecule has 0 spiro atoms. The standard InChI is InChI=1S/C30H29F3N6O2/c1-6-24(40)37-11-12-38(18(5)15-37)28-21-14-23(33)26(20-8-7-19(31)13-22(20)32)35-29(21)39(30(41)36-28)27-17(4)9-10-34-25(27)16(2)3/h6-10,13-14,16,18H,1,11-12,15H2,2-5H3. The lowest BCUT2D eigenvalue weighted by Gasteiger charge is -2.40. The van der Waals surface area contributed by atoms with E-state index >= 15 is 4.39 Å². The van der Waals surface area contributed by atoms with Gasteiger partial charge in [-0.05, 0) is 55.7 Å². The van der Waals surface area contributed by atoms with Crippen LogP contribution in [0.25, 0.3) is 28.0 Å². The molecule has 1 saturated heterocycles. The number of hydrogen-bond donors (Lipinski definition) is 0. The number of carbonyl (C=O) groups is 1. The highest BCUT2D eigenvalue weighted by atomic mass is 19.1. The molecule has 4 heterocycles. The average Bonchev–Trinajstić information content (AvgIpc) is 2.93. The minimum absolute atomic E-state index is 0.0509. The predicted molar refractivity (Wildman–Crippen MR) is 151 cm³/mol. The first-order valence-electron chi connectivity index (χ1n) is 13.2. The van der Waals surface area contributed by atoms with Crippen molar-refractivity contribution in [2.24, 2.45) is 0 Å². The zero-order valence-electron chi connectivity index (χ0n) is 23.2. The van der Waals surface area contributed by atoms with Crippen LogP contribution in [0.4, 0.5) is 19.0 Å². The van der Waals surface area contributed by atoms with Gasteiger partial charge in [-0.1, -0.05) is 20.4 Å². The number of amides is 1. The molecule has 212 valence electrons. The summed E-state index contributed by atoms with van der Waals surface area (Å²) in [5.41, 5.74) is 0.528. The van der Waals surface area contributed by atoms with Gasteiger partial charge in [0.25, 0.3) is 0 Å². The number of piperazine rings is 1. The third-order valence-electron chi connectivity index (χ3n) is 7.30. The summed E-state index contributed by atoms with van der Waals surface area (Å²) in [6.07, 6.45) is 2.89. The van der Waals surface area contributed by atoms with Crippen LogP contribution in [0.3, 0.4) is 0 Å². The second kappa shape index (κ2) is 10.8. The topological polar surface area (TPSA) is 84.2 Å². The number of rotatable bonds is 5. The maximum absolute atomic E-state index is 15.7. The molecule has 1 fully saturated rings. The second-order valence-corrected chi connectivity index (χ2v) is 10.4. The fourth-order valence-electron chi connectivity index (χ4n) is 5.28. The molecule has 8 nitrogen and oxygen atoms in total. The Labute approximate surface area is 234 Å². The van der Waals surface area contributed by atoms with E-state index in [-0.39, 0.29) is 46.0 Å². The Balaban J connectivity index is 1.82. The Morgan fingerprint density at radius 2 is 1.85 bits per heavy atom. The van der Waals surface area contributed by atoms with Crippen molar-refractivity contribution in [3.8, 4) is 16.9 Å². The Kier molecular flexibility index (Phi) is 7.37. The quantitative estimate of drug-likeness (QED) is 0.322. The van der Waals surface area contributed by atoms with Crippen molar-refractivity contribution in [3.63, 3.8) is 0 Å². The third kappa shape index (κ3) is 4.96. The third-order valence-corrected chi connectivity index (χ3v) is 7.30. The second-order valence-electron chi connectivity index (χ2n) is 10.4. The molecule has 0 saturated carbocycles. The van der Waals surface area contributed by atoms with Gasteiger partial charge in [0.2, 0.25) is 5.91 Å². The number of hydrogen-bond acceptors (Lipinski definition) is 6. The molecular formula is C30H29F3N6O2. The number of benzene rings is 1. The largest absolute Gasteiger partial charge is 0.355 e. The smallest absolute Gasteiger partial charge is 0.350 e. The van der Waals surface area contributed by atoms with Gasteiger partial charge in [-0.25, -0.2) is 27.5 Å². The van der Waals surface area contributed by atoms with Crippen LogP contribution in [-0.2, 0) is 4.79 Å². The summed E-state index contributed by atoms with van der Waals surface area (Å²) in [6.45, 7) is 12.1. The molecule has 3 aromatic heterocycles. The molecule has 11 heteroatoms. The minimum atomic E-state index is -0.990. The molecular weight excluding hydrogens is 533 g/mol. The molecule has 0 aliphatic carbocycles. The minimum Gasteiger partial charge on any atom is -0.350 e. The van der Waals surface area contributed by atoms with Gasteiger partial charge >= 0.3 is 5.69 Å². The zero-order valence-corrected chi connectivity index (χ0v) is 23.2. The van der Waals surface area contributed by atoms with E-state index in [0.29, 0.717) is 42.6 Å². The van der Waals surface area contributed by atoms with Crippen LogP contribution >= 0.6 is 0 Å². The molecule has 0 bridgehead atoms. The van der Waals surface area contributed by atoms with Gasteiger partial charge in [-0.2, -0.15) is 4.98 Å². The molecule has 1 atom stereocenters. The van der Waals surface area contributed by atoms with Crippen LogP contribution in [0.5, 0.6) is 0 Å². The van der Waals surface area contributed by atoms with Crippen molar-refractivity contribution in [1.29, 1.82) is 0 Å². The Hall–Kier alpha value is -4.54. The van der Waals surface area contributed by atoms with Crippen molar-refractivity contribution in [1.82, 2.24) is 24.4 Å². The molecule has 5 rings (SSSR count). The van der Waals surface area contributed by atoms with Crippen LogP contribution in [0.1, 0.15) is 37.9 Å². The number of carbonyl (C=O) groups excluding carboxylic acids is 1. The molecule has 0 radical (unpaired) electrons. The summed E-state index contributed by atoms with van der Waals surface area (Å²) in [4.78, 5) is 42.9. The van der Waals surface area contributed by atoms with Gasteiger partial charge in [0.15, 0.2) is 5.65 Å². The highest BCUT2D eigenvalue weighted by Crippen LogP contribution is 2.34. The molecule has 1 aliphatic heterocycles. The maximum atomic E-state index is 15.7. The molecule has 4 aromatic rings. The van der Waals surface area contributed by atoms with Gasteiger partial charge in [0, 0.05) is 43.5 Å². The van der Waals surface area contributed by atoms with Crippen molar-refractivity contribution >= 4 is 22.8 Å². The Bertz CT molecular complexity index is 1750. The highest BCUT2D eigenvalue weighted by molar-refractivity contribution is 5.91. The van der Waals surface area contributed by atoms with Crippen molar-refractivity contribution in [3.05, 3.63) is 88.4 Å². The fraction of sp³-hybridized carbons (Fsp3) is 0.300. The van der Waals surface area contributed by atoms with E-state index < -0.39 is 23.1 Å². The van der Waals surface area contributed by atoms with Gasteiger partial charge < -0.3 is 9.80 Å². The number of aromatic nitrogens is 4. The molecule has 1 unspecified atom stereocenters. The average molecular weight is 563 g/mol. The normalized spacial score (nSPS) is 15.6. The number of aryl methyl sites for hydroxylation is 1. The summed E-state index contributed by atoms with van der Waals surface area (Å²) in [5.74, 6) is -2.77. The molecule has 41 heavy (non-hydrogen) atoms. The summed E-state index contributed by atoms with van der Waals surface area (Å²) >= 11 is 0. The van der Waals surface area contributed by atoms with E-state index in [1.807, 2.05) is 32.6 Å². The summed E-state index contributed by atoms with van der Waals surface area (Å²) in [5, 5.41) is 0.224. The van der Waals surface area contributed by atoms with Crippen LogP contribution in [0.2, 0.25) is 0 Å². The summed E-state index contributed by atoms with van der Waals surface area (Å²) in [7, 11) is 0. The van der Waals surface area contributed by atoms with Crippen LogP contribution in [-0.4, -0.2) is 56.0 Å². The van der Waals surface area contributed by atoms with Gasteiger partial charge in [-0.15, -0.1) is 0 Å².